The molecule has 2 unspecified atom stereocenters. The molecule has 0 saturated heterocycles. The smallest absolute Gasteiger partial charge is 0.244 e. The van der Waals surface area contributed by atoms with Gasteiger partial charge in [0.2, 0.25) is 15.9 Å². The topological polar surface area (TPSA) is 94.2 Å². The van der Waals surface area contributed by atoms with Crippen LogP contribution in [0.1, 0.15) is 25.5 Å². The maximum atomic E-state index is 12.9. The fourth-order valence-corrected chi connectivity index (χ4v) is 4.46. The number of rotatable bonds is 7. The number of hydrogen-bond acceptors (Lipinski definition) is 6. The van der Waals surface area contributed by atoms with Crippen LogP contribution in [0.2, 0.25) is 0 Å². The molecule has 0 saturated carbocycles. The minimum atomic E-state index is -3.70. The van der Waals surface area contributed by atoms with Gasteiger partial charge in [0.15, 0.2) is 11.5 Å². The van der Waals surface area contributed by atoms with Crippen LogP contribution in [0.4, 0.5) is 5.69 Å². The number of carbonyl (C=O) groups excluding carboxylic acids is 1. The van der Waals surface area contributed by atoms with E-state index in [1.807, 2.05) is 19.1 Å². The monoisotopic (exact) mass is 434 g/mol. The van der Waals surface area contributed by atoms with E-state index in [0.717, 1.165) is 16.1 Å². The van der Waals surface area contributed by atoms with Gasteiger partial charge in [-0.1, -0.05) is 6.07 Å². The lowest BCUT2D eigenvalue weighted by molar-refractivity contribution is -0.122. The van der Waals surface area contributed by atoms with E-state index in [1.54, 1.807) is 37.3 Å². The average molecular weight is 435 g/mol. The number of methoxy groups -OCH3 is 1. The van der Waals surface area contributed by atoms with Gasteiger partial charge in [0.05, 0.1) is 25.1 Å². The van der Waals surface area contributed by atoms with Gasteiger partial charge in [-0.2, -0.15) is 0 Å². The standard InChI is InChI=1S/C21H26N2O6S/c1-14(16-5-10-19-20(13-16)29-12-11-28-19)22-21(24)15(2)23(30(4,25)26)17-6-8-18(27-3)9-7-17/h5-10,13-15H,11-12H2,1-4H3,(H,22,24). The summed E-state index contributed by atoms with van der Waals surface area (Å²) >= 11 is 0. The Morgan fingerprint density at radius 3 is 2.30 bits per heavy atom. The van der Waals surface area contributed by atoms with Crippen molar-refractivity contribution in [2.75, 3.05) is 30.9 Å². The van der Waals surface area contributed by atoms with Crippen molar-refractivity contribution in [2.45, 2.75) is 25.9 Å². The number of anilines is 1. The number of fused-ring (bicyclic) bond motifs is 1. The van der Waals surface area contributed by atoms with E-state index >= 15 is 0 Å². The van der Waals surface area contributed by atoms with Gasteiger partial charge in [0, 0.05) is 0 Å². The van der Waals surface area contributed by atoms with E-state index < -0.39 is 22.0 Å². The molecule has 2 atom stereocenters. The van der Waals surface area contributed by atoms with E-state index in [-0.39, 0.29) is 6.04 Å². The summed E-state index contributed by atoms with van der Waals surface area (Å²) in [5.41, 5.74) is 1.21. The minimum Gasteiger partial charge on any atom is -0.497 e. The Labute approximate surface area is 176 Å². The van der Waals surface area contributed by atoms with Crippen LogP contribution in [0, 0.1) is 0 Å². The third-order valence-corrected chi connectivity index (χ3v) is 6.08. The lowest BCUT2D eigenvalue weighted by Crippen LogP contribution is -2.48. The first-order valence-corrected chi connectivity index (χ1v) is 11.4. The van der Waals surface area contributed by atoms with Gasteiger partial charge >= 0.3 is 0 Å². The lowest BCUT2D eigenvalue weighted by Gasteiger charge is -2.29. The molecule has 30 heavy (non-hydrogen) atoms. The number of hydrogen-bond donors (Lipinski definition) is 1. The van der Waals surface area contributed by atoms with Crippen LogP contribution in [0.25, 0.3) is 0 Å². The summed E-state index contributed by atoms with van der Waals surface area (Å²) in [4.78, 5) is 12.9. The molecule has 1 amide bonds. The molecule has 9 heteroatoms. The Balaban J connectivity index is 1.77. The van der Waals surface area contributed by atoms with Gasteiger partial charge in [-0.25, -0.2) is 8.42 Å². The van der Waals surface area contributed by atoms with Crippen LogP contribution in [-0.2, 0) is 14.8 Å². The fraction of sp³-hybridized carbons (Fsp3) is 0.381. The molecule has 0 aromatic heterocycles. The number of nitrogens with one attached hydrogen (secondary N) is 1. The SMILES string of the molecule is COc1ccc(N(C(C)C(=O)NC(C)c2ccc3c(c2)OCCO3)S(C)(=O)=O)cc1. The number of ether oxygens (including phenoxy) is 3. The number of nitrogens with zero attached hydrogens (tertiary/aromatic N) is 1. The summed E-state index contributed by atoms with van der Waals surface area (Å²) in [6, 6.07) is 10.7. The molecule has 8 nitrogen and oxygen atoms in total. The zero-order chi connectivity index (χ0) is 21.9. The molecule has 1 aliphatic rings. The summed E-state index contributed by atoms with van der Waals surface area (Å²) in [5, 5.41) is 2.88. The van der Waals surface area contributed by atoms with Crippen molar-refractivity contribution in [2.24, 2.45) is 0 Å². The van der Waals surface area contributed by atoms with Crippen LogP contribution >= 0.6 is 0 Å². The zero-order valence-corrected chi connectivity index (χ0v) is 18.2. The Morgan fingerprint density at radius 2 is 1.70 bits per heavy atom. The highest BCUT2D eigenvalue weighted by molar-refractivity contribution is 7.92. The molecular weight excluding hydrogens is 408 g/mol. The second-order valence-corrected chi connectivity index (χ2v) is 8.93. The molecular formula is C21H26N2O6S. The fourth-order valence-electron chi connectivity index (χ4n) is 3.28. The molecule has 0 radical (unpaired) electrons. The molecule has 3 rings (SSSR count). The van der Waals surface area contributed by atoms with E-state index in [4.69, 9.17) is 14.2 Å². The summed E-state index contributed by atoms with van der Waals surface area (Å²) in [6.07, 6.45) is 1.07. The maximum absolute atomic E-state index is 12.9. The van der Waals surface area contributed by atoms with E-state index in [9.17, 15) is 13.2 Å². The number of carbonyl (C=O) groups is 1. The molecule has 1 aliphatic heterocycles. The summed E-state index contributed by atoms with van der Waals surface area (Å²) in [7, 11) is -2.17. The predicted octanol–water partition coefficient (Wildman–Crippen LogP) is 2.50. The molecule has 0 aliphatic carbocycles. The molecule has 0 fully saturated rings. The number of amides is 1. The second-order valence-electron chi connectivity index (χ2n) is 7.07. The minimum absolute atomic E-state index is 0.354. The first-order chi connectivity index (χ1) is 14.2. The largest absolute Gasteiger partial charge is 0.497 e. The highest BCUT2D eigenvalue weighted by atomic mass is 32.2. The summed E-state index contributed by atoms with van der Waals surface area (Å²) in [6.45, 7) is 4.35. The van der Waals surface area contributed by atoms with Crippen LogP contribution in [0.3, 0.4) is 0 Å². The van der Waals surface area contributed by atoms with Crippen molar-refractivity contribution in [3.63, 3.8) is 0 Å². The van der Waals surface area contributed by atoms with Crippen LogP contribution in [-0.4, -0.2) is 46.9 Å². The number of sulfonamides is 1. The van der Waals surface area contributed by atoms with Gasteiger partial charge in [0.25, 0.3) is 0 Å². The molecule has 1 N–H and O–H groups in total. The Hall–Kier alpha value is -2.94. The van der Waals surface area contributed by atoms with Crippen molar-refractivity contribution in [1.29, 1.82) is 0 Å². The molecule has 162 valence electrons. The van der Waals surface area contributed by atoms with Gasteiger partial charge in [-0.15, -0.1) is 0 Å². The van der Waals surface area contributed by atoms with Crippen molar-refractivity contribution in [3.8, 4) is 17.2 Å². The third-order valence-electron chi connectivity index (χ3n) is 4.84. The molecule has 0 spiro atoms. The highest BCUT2D eigenvalue weighted by Gasteiger charge is 2.30. The van der Waals surface area contributed by atoms with Gasteiger partial charge in [-0.3, -0.25) is 9.10 Å². The maximum Gasteiger partial charge on any atom is 0.244 e. The Bertz CT molecular complexity index is 1010. The quantitative estimate of drug-likeness (QED) is 0.720. The molecule has 2 aromatic carbocycles. The molecule has 1 heterocycles. The summed E-state index contributed by atoms with van der Waals surface area (Å²) in [5.74, 6) is 1.47. The lowest BCUT2D eigenvalue weighted by atomic mass is 10.1. The Morgan fingerprint density at radius 1 is 1.07 bits per heavy atom. The van der Waals surface area contributed by atoms with E-state index in [1.165, 1.54) is 7.11 Å². The van der Waals surface area contributed by atoms with Crippen LogP contribution in [0.15, 0.2) is 42.5 Å². The van der Waals surface area contributed by atoms with Gasteiger partial charge in [-0.05, 0) is 55.8 Å². The molecule has 2 aromatic rings. The van der Waals surface area contributed by atoms with Crippen LogP contribution in [0.5, 0.6) is 17.2 Å². The van der Waals surface area contributed by atoms with Crippen molar-refractivity contribution < 1.29 is 27.4 Å². The average Bonchev–Trinajstić information content (AvgIpc) is 2.72. The number of benzene rings is 2. The molecule has 0 bridgehead atoms. The summed E-state index contributed by atoms with van der Waals surface area (Å²) < 4.78 is 42.2. The third kappa shape index (κ3) is 4.79. The van der Waals surface area contributed by atoms with Crippen molar-refractivity contribution in [1.82, 2.24) is 5.32 Å². The van der Waals surface area contributed by atoms with Gasteiger partial charge < -0.3 is 19.5 Å². The van der Waals surface area contributed by atoms with E-state index in [0.29, 0.717) is 36.1 Å². The second kappa shape index (κ2) is 8.83. The van der Waals surface area contributed by atoms with Crippen molar-refractivity contribution in [3.05, 3.63) is 48.0 Å². The zero-order valence-electron chi connectivity index (χ0n) is 17.4. The normalized spacial score (nSPS) is 15.1. The first-order valence-electron chi connectivity index (χ1n) is 9.54. The van der Waals surface area contributed by atoms with Gasteiger partial charge in [0.1, 0.15) is 25.0 Å². The van der Waals surface area contributed by atoms with Crippen molar-refractivity contribution >= 4 is 21.6 Å². The van der Waals surface area contributed by atoms with Crippen LogP contribution < -0.4 is 23.8 Å². The Kier molecular flexibility index (Phi) is 6.40. The van der Waals surface area contributed by atoms with E-state index in [2.05, 4.69) is 5.32 Å². The first kappa shape index (κ1) is 21.8. The predicted molar refractivity (Wildman–Crippen MR) is 114 cm³/mol. The highest BCUT2D eigenvalue weighted by Crippen LogP contribution is 2.32.